The van der Waals surface area contributed by atoms with E-state index in [1.807, 2.05) is 16.4 Å². The average molecular weight is 304 g/mol. The van der Waals surface area contributed by atoms with E-state index in [0.29, 0.717) is 6.04 Å². The average Bonchev–Trinajstić information content (AvgIpc) is 2.79. The molecule has 2 rings (SSSR count). The number of likely N-dealkylation sites (N-methyl/N-ethyl adjacent to an activating group) is 1. The molecule has 19 heavy (non-hydrogen) atoms. The number of thioether (sulfide) groups is 1. The van der Waals surface area contributed by atoms with Gasteiger partial charge in [-0.25, -0.2) is 0 Å². The molecule has 4 nitrogen and oxygen atoms in total. The number of halogens is 1. The smallest absolute Gasteiger partial charge is 0.0876 e. The molecule has 1 aromatic heterocycles. The molecule has 0 aromatic carbocycles. The lowest BCUT2D eigenvalue weighted by molar-refractivity contribution is 0.0446. The molecule has 0 aliphatic carbocycles. The van der Waals surface area contributed by atoms with E-state index in [0.717, 1.165) is 35.4 Å². The Balaban J connectivity index is 2.29. The first kappa shape index (κ1) is 15.2. The van der Waals surface area contributed by atoms with Gasteiger partial charge in [-0.3, -0.25) is 4.68 Å². The van der Waals surface area contributed by atoms with Crippen molar-refractivity contribution >= 4 is 23.4 Å². The van der Waals surface area contributed by atoms with Crippen molar-refractivity contribution in [3.8, 4) is 0 Å². The van der Waals surface area contributed by atoms with Crippen molar-refractivity contribution in [1.82, 2.24) is 15.1 Å². The number of nitrogens with zero attached hydrogens (tertiary/aromatic N) is 2. The minimum Gasteiger partial charge on any atom is -0.374 e. The van der Waals surface area contributed by atoms with Crippen LogP contribution in [0.3, 0.4) is 0 Å². The molecule has 0 bridgehead atoms. The van der Waals surface area contributed by atoms with Crippen molar-refractivity contribution in [3.05, 3.63) is 16.9 Å². The summed E-state index contributed by atoms with van der Waals surface area (Å²) in [4.78, 5) is 0. The van der Waals surface area contributed by atoms with Crippen LogP contribution in [-0.4, -0.2) is 40.5 Å². The summed E-state index contributed by atoms with van der Waals surface area (Å²) in [6.07, 6.45) is 1.89. The zero-order chi connectivity index (χ0) is 13.8. The summed E-state index contributed by atoms with van der Waals surface area (Å²) in [6, 6.07) is 0.398. The SMILES string of the molecule is CCNC(c1c(Cl)cnn1C(C)C)C1CSCCO1. The van der Waals surface area contributed by atoms with Crippen LogP contribution in [0.4, 0.5) is 0 Å². The minimum absolute atomic E-state index is 0.107. The standard InChI is InChI=1S/C13H22ClN3OS/c1-4-15-12(11-8-19-6-5-18-11)13-10(14)7-16-17(13)9(2)3/h7,9,11-12,15H,4-6,8H2,1-3H3. The highest BCUT2D eigenvalue weighted by molar-refractivity contribution is 7.99. The Morgan fingerprint density at radius 2 is 2.42 bits per heavy atom. The van der Waals surface area contributed by atoms with Crippen molar-refractivity contribution in [2.75, 3.05) is 24.7 Å². The number of aromatic nitrogens is 2. The molecule has 0 saturated carbocycles. The molecule has 0 spiro atoms. The van der Waals surface area contributed by atoms with Crippen LogP contribution in [0, 0.1) is 0 Å². The van der Waals surface area contributed by atoms with Crippen molar-refractivity contribution < 1.29 is 4.74 Å². The summed E-state index contributed by atoms with van der Waals surface area (Å²) >= 11 is 8.29. The first-order valence-electron chi connectivity index (χ1n) is 6.80. The van der Waals surface area contributed by atoms with Crippen LogP contribution in [0.25, 0.3) is 0 Å². The van der Waals surface area contributed by atoms with Gasteiger partial charge >= 0.3 is 0 Å². The maximum absolute atomic E-state index is 6.35. The third-order valence-corrected chi connectivity index (χ3v) is 4.52. The van der Waals surface area contributed by atoms with Gasteiger partial charge in [-0.1, -0.05) is 18.5 Å². The van der Waals surface area contributed by atoms with E-state index in [-0.39, 0.29) is 12.1 Å². The zero-order valence-corrected chi connectivity index (χ0v) is 13.3. The maximum Gasteiger partial charge on any atom is 0.0876 e. The Kier molecular flexibility index (Phi) is 5.57. The topological polar surface area (TPSA) is 39.1 Å². The lowest BCUT2D eigenvalue weighted by atomic mass is 10.1. The predicted molar refractivity (Wildman–Crippen MR) is 81.1 cm³/mol. The van der Waals surface area contributed by atoms with E-state index in [4.69, 9.17) is 16.3 Å². The van der Waals surface area contributed by atoms with Crippen LogP contribution < -0.4 is 5.32 Å². The van der Waals surface area contributed by atoms with Gasteiger partial charge in [0, 0.05) is 17.5 Å². The van der Waals surface area contributed by atoms with Gasteiger partial charge in [0.2, 0.25) is 0 Å². The van der Waals surface area contributed by atoms with Gasteiger partial charge in [0.1, 0.15) is 0 Å². The Bertz CT molecular complexity index is 405. The van der Waals surface area contributed by atoms with E-state index in [9.17, 15) is 0 Å². The summed E-state index contributed by atoms with van der Waals surface area (Å²) in [7, 11) is 0. The van der Waals surface area contributed by atoms with Crippen LogP contribution in [-0.2, 0) is 4.74 Å². The molecule has 2 unspecified atom stereocenters. The molecule has 1 aliphatic rings. The summed E-state index contributed by atoms with van der Waals surface area (Å²) in [6.45, 7) is 8.03. The van der Waals surface area contributed by atoms with Crippen molar-refractivity contribution in [2.24, 2.45) is 0 Å². The highest BCUT2D eigenvalue weighted by Crippen LogP contribution is 2.31. The maximum atomic E-state index is 6.35. The van der Waals surface area contributed by atoms with Gasteiger partial charge < -0.3 is 10.1 Å². The van der Waals surface area contributed by atoms with Crippen molar-refractivity contribution in [1.29, 1.82) is 0 Å². The van der Waals surface area contributed by atoms with Crippen LogP contribution in [0.5, 0.6) is 0 Å². The van der Waals surface area contributed by atoms with E-state index in [2.05, 4.69) is 31.2 Å². The molecule has 1 saturated heterocycles. The van der Waals surface area contributed by atoms with Crippen LogP contribution >= 0.6 is 23.4 Å². The minimum atomic E-state index is 0.107. The number of ether oxygens (including phenoxy) is 1. The van der Waals surface area contributed by atoms with Crippen LogP contribution in [0.1, 0.15) is 38.5 Å². The molecule has 1 N–H and O–H groups in total. The van der Waals surface area contributed by atoms with E-state index in [1.165, 1.54) is 0 Å². The first-order valence-corrected chi connectivity index (χ1v) is 8.34. The molecule has 1 fully saturated rings. The quantitative estimate of drug-likeness (QED) is 0.908. The molecular weight excluding hydrogens is 282 g/mol. The number of nitrogens with one attached hydrogen (secondary N) is 1. The normalized spacial score (nSPS) is 21.8. The second-order valence-corrected chi connectivity index (χ2v) is 6.49. The molecule has 0 amide bonds. The van der Waals surface area contributed by atoms with Gasteiger partial charge in [0.05, 0.1) is 35.7 Å². The van der Waals surface area contributed by atoms with Crippen molar-refractivity contribution in [2.45, 2.75) is 39.0 Å². The molecule has 0 radical (unpaired) electrons. The summed E-state index contributed by atoms with van der Waals surface area (Å²) in [5.74, 6) is 2.07. The Labute approximate surface area is 124 Å². The third-order valence-electron chi connectivity index (χ3n) is 3.21. The zero-order valence-electron chi connectivity index (χ0n) is 11.7. The molecule has 1 aliphatic heterocycles. The molecule has 1 aromatic rings. The summed E-state index contributed by atoms with van der Waals surface area (Å²) in [5, 5.41) is 8.62. The van der Waals surface area contributed by atoms with E-state index >= 15 is 0 Å². The lowest BCUT2D eigenvalue weighted by Gasteiger charge is -2.32. The van der Waals surface area contributed by atoms with Gasteiger partial charge in [0.15, 0.2) is 0 Å². The third kappa shape index (κ3) is 3.45. The Morgan fingerprint density at radius 3 is 3.00 bits per heavy atom. The van der Waals surface area contributed by atoms with Crippen molar-refractivity contribution in [3.63, 3.8) is 0 Å². The fourth-order valence-corrected chi connectivity index (χ4v) is 3.53. The molecular formula is C13H22ClN3OS. The van der Waals surface area contributed by atoms with Crippen LogP contribution in [0.2, 0.25) is 5.02 Å². The van der Waals surface area contributed by atoms with Gasteiger partial charge in [-0.2, -0.15) is 16.9 Å². The molecule has 2 heterocycles. The first-order chi connectivity index (χ1) is 9.15. The number of hydrogen-bond donors (Lipinski definition) is 1. The summed E-state index contributed by atoms with van der Waals surface area (Å²) in [5.41, 5.74) is 1.05. The number of rotatable bonds is 5. The molecule has 2 atom stereocenters. The van der Waals surface area contributed by atoms with Gasteiger partial charge in [0.25, 0.3) is 0 Å². The second kappa shape index (κ2) is 6.97. The summed E-state index contributed by atoms with van der Waals surface area (Å²) < 4.78 is 7.92. The predicted octanol–water partition coefficient (Wildman–Crippen LogP) is 2.90. The molecule has 6 heteroatoms. The highest BCUT2D eigenvalue weighted by Gasteiger charge is 2.30. The van der Waals surface area contributed by atoms with Crippen LogP contribution in [0.15, 0.2) is 6.20 Å². The van der Waals surface area contributed by atoms with E-state index in [1.54, 1.807) is 6.20 Å². The number of hydrogen-bond acceptors (Lipinski definition) is 4. The van der Waals surface area contributed by atoms with E-state index < -0.39 is 0 Å². The largest absolute Gasteiger partial charge is 0.374 e. The fraction of sp³-hybridized carbons (Fsp3) is 0.769. The lowest BCUT2D eigenvalue weighted by Crippen LogP contribution is -2.39. The molecule has 108 valence electrons. The van der Waals surface area contributed by atoms with Gasteiger partial charge in [-0.05, 0) is 20.4 Å². The monoisotopic (exact) mass is 303 g/mol. The Morgan fingerprint density at radius 1 is 1.63 bits per heavy atom. The second-order valence-electron chi connectivity index (χ2n) is 4.94. The fourth-order valence-electron chi connectivity index (χ4n) is 2.38. The highest BCUT2D eigenvalue weighted by atomic mass is 35.5. The van der Waals surface area contributed by atoms with Gasteiger partial charge in [-0.15, -0.1) is 0 Å². The Hall–Kier alpha value is -0.230.